The molecule has 3 aromatic heterocycles. The van der Waals surface area contributed by atoms with Gasteiger partial charge in [-0.15, -0.1) is 0 Å². The molecule has 32 heavy (non-hydrogen) atoms. The van der Waals surface area contributed by atoms with Gasteiger partial charge in [0.1, 0.15) is 29.1 Å². The normalized spacial score (nSPS) is 10.8. The van der Waals surface area contributed by atoms with Crippen molar-refractivity contribution in [1.82, 2.24) is 15.0 Å². The van der Waals surface area contributed by atoms with Crippen LogP contribution in [0.1, 0.15) is 31.7 Å². The zero-order valence-corrected chi connectivity index (χ0v) is 17.9. The minimum Gasteiger partial charge on any atom is -0.455 e. The fourth-order valence-corrected chi connectivity index (χ4v) is 2.77. The largest absolute Gasteiger partial charge is 0.455 e. The van der Waals surface area contributed by atoms with E-state index in [2.05, 4.69) is 20.3 Å². The van der Waals surface area contributed by atoms with Crippen LogP contribution in [0.4, 0.5) is 5.82 Å². The molecule has 3 rings (SSSR count). The average molecular weight is 430 g/mol. The SMILES string of the molecule is Cc1nc(NC(=O)CC(C)(C)C(N)=O)ccc1Oc1ccnc(-c2ccc(C#N)nc2)c1. The van der Waals surface area contributed by atoms with Crippen molar-refractivity contribution < 1.29 is 14.3 Å². The molecule has 0 saturated heterocycles. The van der Waals surface area contributed by atoms with Gasteiger partial charge in [-0.2, -0.15) is 5.26 Å². The van der Waals surface area contributed by atoms with Crippen molar-refractivity contribution in [1.29, 1.82) is 5.26 Å². The third-order valence-electron chi connectivity index (χ3n) is 4.71. The van der Waals surface area contributed by atoms with Crippen molar-refractivity contribution in [3.63, 3.8) is 0 Å². The number of nitriles is 1. The van der Waals surface area contributed by atoms with E-state index >= 15 is 0 Å². The monoisotopic (exact) mass is 430 g/mol. The van der Waals surface area contributed by atoms with Gasteiger partial charge in [-0.25, -0.2) is 9.97 Å². The second-order valence-corrected chi connectivity index (χ2v) is 7.78. The zero-order chi connectivity index (χ0) is 23.3. The first kappa shape index (κ1) is 22.4. The molecule has 0 unspecified atom stereocenters. The quantitative estimate of drug-likeness (QED) is 0.585. The van der Waals surface area contributed by atoms with E-state index in [1.165, 1.54) is 0 Å². The Hall–Kier alpha value is -4.32. The summed E-state index contributed by atoms with van der Waals surface area (Å²) in [7, 11) is 0. The summed E-state index contributed by atoms with van der Waals surface area (Å²) in [6, 6.07) is 12.1. The molecule has 0 radical (unpaired) electrons. The summed E-state index contributed by atoms with van der Waals surface area (Å²) in [5, 5.41) is 11.5. The second kappa shape index (κ2) is 9.22. The second-order valence-electron chi connectivity index (χ2n) is 7.78. The molecule has 0 atom stereocenters. The van der Waals surface area contributed by atoms with Gasteiger partial charge in [-0.05, 0) is 37.3 Å². The van der Waals surface area contributed by atoms with Crippen molar-refractivity contribution in [2.75, 3.05) is 5.32 Å². The average Bonchev–Trinajstić information content (AvgIpc) is 2.75. The minimum atomic E-state index is -0.953. The van der Waals surface area contributed by atoms with E-state index in [-0.39, 0.29) is 12.3 Å². The van der Waals surface area contributed by atoms with Crippen LogP contribution in [0.15, 0.2) is 48.8 Å². The number of hydrogen-bond acceptors (Lipinski definition) is 7. The lowest BCUT2D eigenvalue weighted by Gasteiger charge is -2.19. The number of primary amides is 1. The molecule has 0 aromatic carbocycles. The molecule has 0 spiro atoms. The van der Waals surface area contributed by atoms with E-state index in [0.717, 1.165) is 5.56 Å². The Morgan fingerprint density at radius 3 is 2.59 bits per heavy atom. The maximum atomic E-state index is 12.2. The molecule has 162 valence electrons. The lowest BCUT2D eigenvalue weighted by atomic mass is 9.88. The zero-order valence-electron chi connectivity index (χ0n) is 17.9. The molecule has 3 N–H and O–H groups in total. The van der Waals surface area contributed by atoms with Crippen LogP contribution in [0.5, 0.6) is 11.5 Å². The highest BCUT2D eigenvalue weighted by atomic mass is 16.5. The van der Waals surface area contributed by atoms with Crippen LogP contribution in [0.25, 0.3) is 11.3 Å². The molecule has 9 nitrogen and oxygen atoms in total. The van der Waals surface area contributed by atoms with E-state index in [1.807, 2.05) is 6.07 Å². The molecular formula is C23H22N6O3. The number of hydrogen-bond donors (Lipinski definition) is 2. The molecule has 0 aliphatic carbocycles. The number of nitrogens with two attached hydrogens (primary N) is 1. The molecule has 0 aliphatic rings. The van der Waals surface area contributed by atoms with Gasteiger partial charge in [0.25, 0.3) is 0 Å². The van der Waals surface area contributed by atoms with Gasteiger partial charge < -0.3 is 15.8 Å². The van der Waals surface area contributed by atoms with Crippen molar-refractivity contribution in [3.05, 3.63) is 60.2 Å². The van der Waals surface area contributed by atoms with Gasteiger partial charge in [-0.3, -0.25) is 14.6 Å². The van der Waals surface area contributed by atoms with Crippen molar-refractivity contribution in [2.24, 2.45) is 11.1 Å². The number of rotatable bonds is 7. The molecule has 2 amide bonds. The molecule has 9 heteroatoms. The van der Waals surface area contributed by atoms with Gasteiger partial charge in [0.15, 0.2) is 0 Å². The number of anilines is 1. The Balaban J connectivity index is 1.71. The first-order valence-electron chi connectivity index (χ1n) is 9.76. The maximum absolute atomic E-state index is 12.2. The topological polar surface area (TPSA) is 144 Å². The number of aryl methyl sites for hydroxylation is 1. The number of ether oxygens (including phenoxy) is 1. The Bertz CT molecular complexity index is 1200. The van der Waals surface area contributed by atoms with E-state index in [9.17, 15) is 9.59 Å². The van der Waals surface area contributed by atoms with Gasteiger partial charge in [0, 0.05) is 30.4 Å². The number of carbonyl (C=O) groups excluding carboxylic acids is 2. The lowest BCUT2D eigenvalue weighted by Crippen LogP contribution is -2.35. The van der Waals surface area contributed by atoms with Crippen LogP contribution >= 0.6 is 0 Å². The highest BCUT2D eigenvalue weighted by Gasteiger charge is 2.28. The van der Waals surface area contributed by atoms with E-state index in [0.29, 0.717) is 34.4 Å². The molecule has 3 heterocycles. The van der Waals surface area contributed by atoms with Crippen molar-refractivity contribution in [2.45, 2.75) is 27.2 Å². The third-order valence-corrected chi connectivity index (χ3v) is 4.71. The first-order valence-corrected chi connectivity index (χ1v) is 9.76. The smallest absolute Gasteiger partial charge is 0.226 e. The van der Waals surface area contributed by atoms with Crippen LogP contribution in [0.2, 0.25) is 0 Å². The number of carbonyl (C=O) groups is 2. The summed E-state index contributed by atoms with van der Waals surface area (Å²) < 4.78 is 5.94. The predicted molar refractivity (Wildman–Crippen MR) is 117 cm³/mol. The molecule has 0 fully saturated rings. The molecule has 0 bridgehead atoms. The summed E-state index contributed by atoms with van der Waals surface area (Å²) in [6.45, 7) is 4.98. The van der Waals surface area contributed by atoms with Crippen LogP contribution in [0, 0.1) is 23.7 Å². The van der Waals surface area contributed by atoms with E-state index in [1.54, 1.807) is 69.6 Å². The van der Waals surface area contributed by atoms with Crippen LogP contribution in [-0.2, 0) is 9.59 Å². The van der Waals surface area contributed by atoms with Crippen LogP contribution < -0.4 is 15.8 Å². The first-order chi connectivity index (χ1) is 15.2. The van der Waals surface area contributed by atoms with Gasteiger partial charge in [-0.1, -0.05) is 13.8 Å². The van der Waals surface area contributed by atoms with Crippen LogP contribution in [-0.4, -0.2) is 26.8 Å². The Morgan fingerprint density at radius 1 is 1.19 bits per heavy atom. The van der Waals surface area contributed by atoms with Crippen molar-refractivity contribution >= 4 is 17.6 Å². The number of pyridine rings is 3. The summed E-state index contributed by atoms with van der Waals surface area (Å²) in [5.41, 5.74) is 6.65. The van der Waals surface area contributed by atoms with E-state index < -0.39 is 11.3 Å². The molecule has 0 saturated carbocycles. The summed E-state index contributed by atoms with van der Waals surface area (Å²) in [4.78, 5) is 36.4. The number of amides is 2. The highest BCUT2D eigenvalue weighted by molar-refractivity contribution is 5.94. The van der Waals surface area contributed by atoms with Gasteiger partial charge >= 0.3 is 0 Å². The van der Waals surface area contributed by atoms with Gasteiger partial charge in [0.05, 0.1) is 16.8 Å². The van der Waals surface area contributed by atoms with E-state index in [4.69, 9.17) is 15.7 Å². The summed E-state index contributed by atoms with van der Waals surface area (Å²) in [5.74, 6) is 0.497. The number of nitrogens with one attached hydrogen (secondary N) is 1. The van der Waals surface area contributed by atoms with Crippen molar-refractivity contribution in [3.8, 4) is 28.8 Å². The van der Waals surface area contributed by atoms with Gasteiger partial charge in [0.2, 0.25) is 11.8 Å². The maximum Gasteiger partial charge on any atom is 0.226 e. The lowest BCUT2D eigenvalue weighted by molar-refractivity contribution is -0.130. The fraction of sp³-hybridized carbons (Fsp3) is 0.217. The Kier molecular flexibility index (Phi) is 6.45. The van der Waals surface area contributed by atoms with Crippen LogP contribution in [0.3, 0.4) is 0 Å². The molecular weight excluding hydrogens is 408 g/mol. The molecule has 0 aliphatic heterocycles. The summed E-state index contributed by atoms with van der Waals surface area (Å²) >= 11 is 0. The number of nitrogens with zero attached hydrogens (tertiary/aromatic N) is 4. The minimum absolute atomic E-state index is 0.0503. The Morgan fingerprint density at radius 2 is 1.97 bits per heavy atom. The third kappa shape index (κ3) is 5.43. The fourth-order valence-electron chi connectivity index (χ4n) is 2.77. The molecule has 3 aromatic rings. The summed E-state index contributed by atoms with van der Waals surface area (Å²) in [6.07, 6.45) is 3.14. The Labute approximate surface area is 185 Å². The number of aromatic nitrogens is 3. The predicted octanol–water partition coefficient (Wildman–Crippen LogP) is 3.35. The highest BCUT2D eigenvalue weighted by Crippen LogP contribution is 2.28. The standard InChI is InChI=1S/C23H22N6O3/c1-14-19(6-7-20(28-14)29-21(30)11-23(2,3)22(25)31)32-17-8-9-26-18(10-17)15-4-5-16(12-24)27-13-15/h4-10,13H,11H2,1-3H3,(H2,25,31)(H,28,29,30).